The van der Waals surface area contributed by atoms with Gasteiger partial charge in [-0.3, -0.25) is 4.79 Å². The van der Waals surface area contributed by atoms with Gasteiger partial charge in [-0.25, -0.2) is 0 Å². The predicted molar refractivity (Wildman–Crippen MR) is 49.6 cm³/mol. The van der Waals surface area contributed by atoms with Crippen molar-refractivity contribution in [3.05, 3.63) is 35.4 Å². The molecule has 2 nitrogen and oxygen atoms in total. The Morgan fingerprint density at radius 1 is 1.33 bits per heavy atom. The molecule has 1 aromatic rings. The Balaban J connectivity index is 0.000000561. The van der Waals surface area contributed by atoms with Crippen molar-refractivity contribution in [2.75, 3.05) is 0 Å². The van der Waals surface area contributed by atoms with Gasteiger partial charge in [0.15, 0.2) is 0 Å². The average Bonchev–Trinajstić information content (AvgIpc) is 2.08. The molecule has 0 saturated heterocycles. The van der Waals surface area contributed by atoms with Crippen LogP contribution in [0.5, 0.6) is 0 Å². The van der Waals surface area contributed by atoms with E-state index in [9.17, 15) is 4.79 Å². The first-order valence-corrected chi connectivity index (χ1v) is 3.40. The molecule has 0 bridgehead atoms. The van der Waals surface area contributed by atoms with Crippen LogP contribution in [0.3, 0.4) is 0 Å². The predicted octanol–water partition coefficient (Wildman–Crippen LogP) is 1.34. The Morgan fingerprint density at radius 2 is 1.83 bits per heavy atom. The lowest BCUT2D eigenvalue weighted by Gasteiger charge is -1.97. The fourth-order valence-corrected chi connectivity index (χ4v) is 0.849. The zero-order valence-electron chi connectivity index (χ0n) is 6.95. The molecule has 1 amide bonds. The molecular formula is C10H11NO. The number of hydrogen-bond acceptors (Lipinski definition) is 1. The summed E-state index contributed by atoms with van der Waals surface area (Å²) in [5, 5.41) is 0. The summed E-state index contributed by atoms with van der Waals surface area (Å²) in [4.78, 5) is 10.6. The monoisotopic (exact) mass is 161 g/mol. The number of rotatable bonds is 1. The van der Waals surface area contributed by atoms with Gasteiger partial charge in [-0.1, -0.05) is 18.2 Å². The van der Waals surface area contributed by atoms with Crippen molar-refractivity contribution in [1.29, 1.82) is 0 Å². The van der Waals surface area contributed by atoms with Crippen molar-refractivity contribution in [2.24, 2.45) is 5.73 Å². The number of aryl methyl sites for hydroxylation is 1. The van der Waals surface area contributed by atoms with Gasteiger partial charge in [-0.2, -0.15) is 0 Å². The van der Waals surface area contributed by atoms with Gasteiger partial charge in [-0.05, 0) is 18.6 Å². The topological polar surface area (TPSA) is 43.1 Å². The zero-order chi connectivity index (χ0) is 9.56. The maximum absolute atomic E-state index is 10.6. The van der Waals surface area contributed by atoms with Crippen LogP contribution in [-0.4, -0.2) is 5.91 Å². The maximum Gasteiger partial charge on any atom is 0.248 e. The highest BCUT2D eigenvalue weighted by molar-refractivity contribution is 5.94. The highest BCUT2D eigenvalue weighted by Crippen LogP contribution is 2.04. The number of terminal acetylenes is 1. The third-order valence-electron chi connectivity index (χ3n) is 1.41. The minimum absolute atomic E-state index is 0.363. The summed E-state index contributed by atoms with van der Waals surface area (Å²) in [7, 11) is 0. The van der Waals surface area contributed by atoms with Crippen LogP contribution in [-0.2, 0) is 0 Å². The molecule has 1 rings (SSSR count). The number of carbonyl (C=O) groups excluding carboxylic acids is 1. The summed E-state index contributed by atoms with van der Waals surface area (Å²) >= 11 is 0. The van der Waals surface area contributed by atoms with E-state index in [1.165, 1.54) is 0 Å². The smallest absolute Gasteiger partial charge is 0.248 e. The van der Waals surface area contributed by atoms with E-state index < -0.39 is 0 Å². The quantitative estimate of drug-likeness (QED) is 0.620. The van der Waals surface area contributed by atoms with E-state index >= 15 is 0 Å². The van der Waals surface area contributed by atoms with Crippen molar-refractivity contribution in [3.8, 4) is 12.8 Å². The van der Waals surface area contributed by atoms with E-state index in [1.807, 2.05) is 19.1 Å². The van der Waals surface area contributed by atoms with Crippen LogP contribution in [0.1, 0.15) is 15.9 Å². The van der Waals surface area contributed by atoms with E-state index in [0.29, 0.717) is 5.56 Å². The number of nitrogens with two attached hydrogens (primary N) is 1. The summed E-state index contributed by atoms with van der Waals surface area (Å²) in [6, 6.07) is 7.26. The van der Waals surface area contributed by atoms with Crippen molar-refractivity contribution < 1.29 is 4.79 Å². The van der Waals surface area contributed by atoms with E-state index in [1.54, 1.807) is 12.1 Å². The normalized spacial score (nSPS) is 7.92. The molecule has 0 aromatic heterocycles. The Labute approximate surface area is 72.4 Å². The van der Waals surface area contributed by atoms with Crippen molar-refractivity contribution in [3.63, 3.8) is 0 Å². The fraction of sp³-hybridized carbons (Fsp3) is 0.100. The van der Waals surface area contributed by atoms with Gasteiger partial charge in [-0.15, -0.1) is 12.8 Å². The SMILES string of the molecule is C#C.Cc1ccccc1C(N)=O. The lowest BCUT2D eigenvalue weighted by Crippen LogP contribution is -2.12. The molecule has 0 unspecified atom stereocenters. The van der Waals surface area contributed by atoms with Gasteiger partial charge >= 0.3 is 0 Å². The number of carbonyl (C=O) groups is 1. The van der Waals surface area contributed by atoms with Gasteiger partial charge in [0.25, 0.3) is 0 Å². The average molecular weight is 161 g/mol. The largest absolute Gasteiger partial charge is 0.366 e. The molecule has 2 heteroatoms. The first kappa shape index (κ1) is 10.2. The summed E-state index contributed by atoms with van der Waals surface area (Å²) in [6.07, 6.45) is 8.00. The fourth-order valence-electron chi connectivity index (χ4n) is 0.849. The van der Waals surface area contributed by atoms with Crippen LogP contribution in [0.2, 0.25) is 0 Å². The number of primary amides is 1. The number of amides is 1. The molecule has 0 spiro atoms. The lowest BCUT2D eigenvalue weighted by atomic mass is 10.1. The highest BCUT2D eigenvalue weighted by Gasteiger charge is 2.00. The first-order chi connectivity index (χ1) is 5.72. The van der Waals surface area contributed by atoms with E-state index in [2.05, 4.69) is 12.8 Å². The molecule has 1 aromatic carbocycles. The Morgan fingerprint density at radius 3 is 2.17 bits per heavy atom. The number of benzene rings is 1. The summed E-state index contributed by atoms with van der Waals surface area (Å²) < 4.78 is 0. The van der Waals surface area contributed by atoms with Gasteiger partial charge in [0, 0.05) is 5.56 Å². The second kappa shape index (κ2) is 4.97. The van der Waals surface area contributed by atoms with Crippen LogP contribution < -0.4 is 5.73 Å². The molecule has 0 radical (unpaired) electrons. The summed E-state index contributed by atoms with van der Waals surface area (Å²) in [5.74, 6) is -0.363. The van der Waals surface area contributed by atoms with Gasteiger partial charge in [0.2, 0.25) is 5.91 Å². The maximum atomic E-state index is 10.6. The van der Waals surface area contributed by atoms with Crippen LogP contribution in [0.4, 0.5) is 0 Å². The first-order valence-electron chi connectivity index (χ1n) is 3.40. The third-order valence-corrected chi connectivity index (χ3v) is 1.41. The molecule has 12 heavy (non-hydrogen) atoms. The van der Waals surface area contributed by atoms with Gasteiger partial charge in [0.1, 0.15) is 0 Å². The van der Waals surface area contributed by atoms with Crippen LogP contribution in [0.15, 0.2) is 24.3 Å². The molecule has 0 fully saturated rings. The molecule has 62 valence electrons. The number of hydrogen-bond donors (Lipinski definition) is 1. The lowest BCUT2D eigenvalue weighted by molar-refractivity contribution is 0.0999. The minimum Gasteiger partial charge on any atom is -0.366 e. The summed E-state index contributed by atoms with van der Waals surface area (Å²) in [6.45, 7) is 1.86. The summed E-state index contributed by atoms with van der Waals surface area (Å²) in [5.41, 5.74) is 6.60. The Kier molecular flexibility index (Phi) is 4.25. The molecular weight excluding hydrogens is 150 g/mol. The van der Waals surface area contributed by atoms with Crippen molar-refractivity contribution >= 4 is 5.91 Å². The standard InChI is InChI=1S/C8H9NO.C2H2/c1-6-4-2-3-5-7(6)8(9)10;1-2/h2-5H,1H3,(H2,9,10);1-2H. The molecule has 0 saturated carbocycles. The molecule has 0 aliphatic heterocycles. The molecule has 2 N–H and O–H groups in total. The Hall–Kier alpha value is -1.75. The van der Waals surface area contributed by atoms with Crippen LogP contribution >= 0.6 is 0 Å². The zero-order valence-corrected chi connectivity index (χ0v) is 6.95. The van der Waals surface area contributed by atoms with Gasteiger partial charge in [0.05, 0.1) is 0 Å². The Bertz CT molecular complexity index is 289. The van der Waals surface area contributed by atoms with Gasteiger partial charge < -0.3 is 5.73 Å². The molecule has 0 heterocycles. The van der Waals surface area contributed by atoms with Crippen molar-refractivity contribution in [1.82, 2.24) is 0 Å². The third kappa shape index (κ3) is 2.47. The molecule has 0 atom stereocenters. The van der Waals surface area contributed by atoms with Crippen LogP contribution in [0.25, 0.3) is 0 Å². The van der Waals surface area contributed by atoms with Crippen LogP contribution in [0, 0.1) is 19.8 Å². The van der Waals surface area contributed by atoms with E-state index in [0.717, 1.165) is 5.56 Å². The van der Waals surface area contributed by atoms with E-state index in [-0.39, 0.29) is 5.91 Å². The van der Waals surface area contributed by atoms with Crippen molar-refractivity contribution in [2.45, 2.75) is 6.92 Å². The second-order valence-electron chi connectivity index (χ2n) is 2.18. The molecule has 0 aliphatic carbocycles. The highest BCUT2D eigenvalue weighted by atomic mass is 16.1. The van der Waals surface area contributed by atoms with E-state index in [4.69, 9.17) is 5.73 Å². The second-order valence-corrected chi connectivity index (χ2v) is 2.18. The molecule has 0 aliphatic rings. The minimum atomic E-state index is -0.363.